The molecule has 8 heteroatoms. The van der Waals surface area contributed by atoms with E-state index in [1.54, 1.807) is 6.08 Å². The molecule has 2 atom stereocenters. The summed E-state index contributed by atoms with van der Waals surface area (Å²) in [5.74, 6) is -1.29. The summed E-state index contributed by atoms with van der Waals surface area (Å²) in [7, 11) is 0. The van der Waals surface area contributed by atoms with Gasteiger partial charge in [-0.2, -0.15) is 5.10 Å². The van der Waals surface area contributed by atoms with Crippen LogP contribution in [0.25, 0.3) is 0 Å². The summed E-state index contributed by atoms with van der Waals surface area (Å²) >= 11 is 0. The van der Waals surface area contributed by atoms with E-state index in [1.165, 1.54) is 11.2 Å². The monoisotopic (exact) mass is 431 g/mol. The van der Waals surface area contributed by atoms with Crippen molar-refractivity contribution in [2.75, 3.05) is 26.2 Å². The maximum absolute atomic E-state index is 14.5. The average Bonchev–Trinajstić information content (AvgIpc) is 3.13. The Hall–Kier alpha value is -2.58. The predicted molar refractivity (Wildman–Crippen MR) is 118 cm³/mol. The topological polar surface area (TPSA) is 74.0 Å². The number of hydrogen-bond acceptors (Lipinski definition) is 5. The van der Waals surface area contributed by atoms with E-state index < -0.39 is 17.2 Å². The minimum atomic E-state index is -0.964. The van der Waals surface area contributed by atoms with Crippen LogP contribution in [0.5, 0.6) is 0 Å². The van der Waals surface area contributed by atoms with Crippen LogP contribution < -0.4 is 11.1 Å². The maximum Gasteiger partial charge on any atom is 0.261 e. The molecule has 3 N–H and O–H groups in total. The normalized spacial score (nSPS) is 23.6. The zero-order valence-corrected chi connectivity index (χ0v) is 18.2. The van der Waals surface area contributed by atoms with Crippen molar-refractivity contribution >= 4 is 11.6 Å². The highest BCUT2D eigenvalue weighted by Gasteiger charge is 2.45. The molecule has 1 aromatic rings. The number of piperazine rings is 1. The van der Waals surface area contributed by atoms with Crippen molar-refractivity contribution in [3.05, 3.63) is 59.8 Å². The molecule has 2 aliphatic rings. The first-order chi connectivity index (χ1) is 15.0. The number of allylic oxidation sites excluding steroid dienone is 1. The van der Waals surface area contributed by atoms with Crippen LogP contribution in [-0.4, -0.2) is 59.3 Å². The van der Waals surface area contributed by atoms with Crippen molar-refractivity contribution in [2.45, 2.75) is 44.7 Å². The molecule has 2 heterocycles. The van der Waals surface area contributed by atoms with E-state index in [2.05, 4.69) is 15.3 Å². The molecule has 168 valence electrons. The average molecular weight is 432 g/mol. The van der Waals surface area contributed by atoms with Crippen LogP contribution in [0.15, 0.2) is 47.7 Å². The van der Waals surface area contributed by atoms with E-state index in [1.807, 2.05) is 26.0 Å². The lowest BCUT2D eigenvalue weighted by atomic mass is 9.89. The zero-order chi connectivity index (χ0) is 22.4. The number of carbonyl (C=O) groups is 1. The number of carbonyl (C=O) groups excluding carboxylic acids is 1. The maximum atomic E-state index is 14.5. The van der Waals surface area contributed by atoms with Gasteiger partial charge < -0.3 is 11.1 Å². The van der Waals surface area contributed by atoms with Gasteiger partial charge in [0, 0.05) is 38.2 Å². The van der Waals surface area contributed by atoms with Crippen LogP contribution >= 0.6 is 0 Å². The molecule has 0 aliphatic carbocycles. The van der Waals surface area contributed by atoms with E-state index in [0.29, 0.717) is 12.1 Å². The molecular weight excluding hydrogens is 400 g/mol. The number of nitrogens with two attached hydrogens (primary N) is 1. The van der Waals surface area contributed by atoms with Crippen LogP contribution in [0.1, 0.15) is 38.7 Å². The van der Waals surface area contributed by atoms with Crippen LogP contribution in [0.2, 0.25) is 0 Å². The summed E-state index contributed by atoms with van der Waals surface area (Å²) in [5.41, 5.74) is 5.16. The lowest BCUT2D eigenvalue weighted by Crippen LogP contribution is -2.56. The quantitative estimate of drug-likeness (QED) is 0.651. The van der Waals surface area contributed by atoms with Gasteiger partial charge in [-0.3, -0.25) is 9.69 Å². The number of nitrogens with zero attached hydrogens (tertiary/aromatic N) is 3. The van der Waals surface area contributed by atoms with Crippen molar-refractivity contribution in [1.82, 2.24) is 15.2 Å². The Balaban J connectivity index is 2.05. The van der Waals surface area contributed by atoms with Gasteiger partial charge in [-0.1, -0.05) is 25.5 Å². The molecule has 1 fully saturated rings. The second-order valence-corrected chi connectivity index (χ2v) is 7.94. The molecule has 1 saturated heterocycles. The standard InChI is InChI=1S/C23H31F2N5O/c1-3-5-21(29-13-11-27-12-14-29)22(31)30-23(8-4-2,9-10-26)16-20(28-30)18-15-17(24)6-7-19(18)25/h4,6-10,15,21,27H,3,5,11-14,16,26H2,1-2H3/b8-4+,10-9-. The number of hydrazone groups is 1. The van der Waals surface area contributed by atoms with E-state index >= 15 is 0 Å². The van der Waals surface area contributed by atoms with Gasteiger partial charge in [-0.05, 0) is 43.8 Å². The van der Waals surface area contributed by atoms with Gasteiger partial charge in [-0.15, -0.1) is 0 Å². The minimum Gasteiger partial charge on any atom is -0.405 e. The second-order valence-electron chi connectivity index (χ2n) is 7.94. The van der Waals surface area contributed by atoms with E-state index in [-0.39, 0.29) is 23.9 Å². The number of benzene rings is 1. The number of amides is 1. The Kier molecular flexibility index (Phi) is 7.56. The summed E-state index contributed by atoms with van der Waals surface area (Å²) in [6.45, 7) is 7.06. The lowest BCUT2D eigenvalue weighted by Gasteiger charge is -2.38. The van der Waals surface area contributed by atoms with E-state index in [0.717, 1.165) is 50.8 Å². The SMILES string of the molecule is C/C=C/C1(/C=C\N)CC(c2cc(F)ccc2F)=NN1C(=O)C(CCC)N1CCNCC1. The Morgan fingerprint density at radius 2 is 2.06 bits per heavy atom. The fourth-order valence-corrected chi connectivity index (χ4v) is 4.35. The van der Waals surface area contributed by atoms with Gasteiger partial charge in [0.15, 0.2) is 0 Å². The molecule has 2 unspecified atom stereocenters. The highest BCUT2D eigenvalue weighted by Crippen LogP contribution is 2.35. The first kappa shape index (κ1) is 23.1. The largest absolute Gasteiger partial charge is 0.405 e. The molecule has 0 radical (unpaired) electrons. The lowest BCUT2D eigenvalue weighted by molar-refractivity contribution is -0.140. The van der Waals surface area contributed by atoms with Gasteiger partial charge in [0.05, 0.1) is 11.8 Å². The molecule has 1 aromatic carbocycles. The van der Waals surface area contributed by atoms with Crippen molar-refractivity contribution in [3.8, 4) is 0 Å². The zero-order valence-electron chi connectivity index (χ0n) is 18.2. The van der Waals surface area contributed by atoms with E-state index in [4.69, 9.17) is 5.73 Å². The predicted octanol–water partition coefficient (Wildman–Crippen LogP) is 2.76. The number of halogens is 2. The van der Waals surface area contributed by atoms with Crippen LogP contribution in [0.3, 0.4) is 0 Å². The summed E-state index contributed by atoms with van der Waals surface area (Å²) in [6, 6.07) is 2.92. The van der Waals surface area contributed by atoms with Crippen molar-refractivity contribution < 1.29 is 13.6 Å². The minimum absolute atomic E-state index is 0.0591. The molecular formula is C23H31F2N5O. The third kappa shape index (κ3) is 4.85. The Morgan fingerprint density at radius 3 is 2.71 bits per heavy atom. The molecule has 31 heavy (non-hydrogen) atoms. The first-order valence-corrected chi connectivity index (χ1v) is 10.8. The van der Waals surface area contributed by atoms with Gasteiger partial charge in [0.1, 0.15) is 17.2 Å². The third-order valence-electron chi connectivity index (χ3n) is 5.79. The molecule has 0 aromatic heterocycles. The van der Waals surface area contributed by atoms with Gasteiger partial charge in [0.25, 0.3) is 5.91 Å². The summed E-state index contributed by atoms with van der Waals surface area (Å²) in [4.78, 5) is 16.0. The fraction of sp³-hybridized carbons (Fsp3) is 0.478. The van der Waals surface area contributed by atoms with Crippen molar-refractivity contribution in [2.24, 2.45) is 10.8 Å². The highest BCUT2D eigenvalue weighted by molar-refractivity contribution is 6.04. The summed E-state index contributed by atoms with van der Waals surface area (Å²) in [6.07, 6.45) is 8.46. The summed E-state index contributed by atoms with van der Waals surface area (Å²) < 4.78 is 28.4. The number of nitrogens with one attached hydrogen (secondary N) is 1. The van der Waals surface area contributed by atoms with Gasteiger partial charge in [0.2, 0.25) is 0 Å². The number of hydrogen-bond donors (Lipinski definition) is 2. The molecule has 3 rings (SSSR count). The Bertz CT molecular complexity index is 865. The molecule has 1 amide bonds. The Morgan fingerprint density at radius 1 is 1.32 bits per heavy atom. The first-order valence-electron chi connectivity index (χ1n) is 10.8. The van der Waals surface area contributed by atoms with Crippen molar-refractivity contribution in [1.29, 1.82) is 0 Å². The highest BCUT2D eigenvalue weighted by atomic mass is 19.1. The van der Waals surface area contributed by atoms with Gasteiger partial charge in [-0.25, -0.2) is 13.8 Å². The fourth-order valence-electron chi connectivity index (χ4n) is 4.35. The Labute approximate surface area is 182 Å². The summed E-state index contributed by atoms with van der Waals surface area (Å²) in [5, 5.41) is 9.26. The molecule has 6 nitrogen and oxygen atoms in total. The van der Waals surface area contributed by atoms with Gasteiger partial charge >= 0.3 is 0 Å². The van der Waals surface area contributed by atoms with Crippen LogP contribution in [0.4, 0.5) is 8.78 Å². The van der Waals surface area contributed by atoms with E-state index in [9.17, 15) is 13.6 Å². The third-order valence-corrected chi connectivity index (χ3v) is 5.79. The molecule has 0 bridgehead atoms. The molecule has 2 aliphatic heterocycles. The molecule has 0 saturated carbocycles. The van der Waals surface area contributed by atoms with Crippen LogP contribution in [0, 0.1) is 11.6 Å². The number of rotatable bonds is 7. The second kappa shape index (κ2) is 10.2. The van der Waals surface area contributed by atoms with Crippen LogP contribution in [-0.2, 0) is 4.79 Å². The van der Waals surface area contributed by atoms with Crippen molar-refractivity contribution in [3.63, 3.8) is 0 Å². The smallest absolute Gasteiger partial charge is 0.261 e. The molecule has 0 spiro atoms.